The van der Waals surface area contributed by atoms with Crippen molar-refractivity contribution in [3.05, 3.63) is 16.7 Å². The molecule has 0 fully saturated rings. The zero-order chi connectivity index (χ0) is 10.6. The van der Waals surface area contributed by atoms with Crippen LogP contribution in [0.1, 0.15) is 19.5 Å². The first-order chi connectivity index (χ1) is 6.61. The van der Waals surface area contributed by atoms with E-state index in [-0.39, 0.29) is 0 Å². The molecule has 0 unspecified atom stereocenters. The largest absolute Gasteiger partial charge is 0.379 e. The predicted molar refractivity (Wildman–Crippen MR) is 60.0 cm³/mol. The molecule has 0 amide bonds. The first-order valence-electron chi connectivity index (χ1n) is 4.94. The van der Waals surface area contributed by atoms with Gasteiger partial charge in [0.2, 0.25) is 0 Å². The highest BCUT2D eigenvalue weighted by atomic mass is 32.1. The minimum atomic E-state index is 0.593. The van der Waals surface area contributed by atoms with Gasteiger partial charge in [0.15, 0.2) is 4.77 Å². The standard InChI is InChI=1S/C10H18N2OS/c1-8(2)7-13-5-4-12-9(3)6-11-10(12)14/h6,8H,4-5,7H2,1-3H3,(H,11,14). The van der Waals surface area contributed by atoms with Gasteiger partial charge in [0.05, 0.1) is 6.61 Å². The number of hydrogen-bond donors (Lipinski definition) is 1. The highest BCUT2D eigenvalue weighted by molar-refractivity contribution is 7.71. The van der Waals surface area contributed by atoms with Gasteiger partial charge >= 0.3 is 0 Å². The fourth-order valence-electron chi connectivity index (χ4n) is 1.23. The summed E-state index contributed by atoms with van der Waals surface area (Å²) in [5, 5.41) is 0. The molecular weight excluding hydrogens is 196 g/mol. The number of ether oxygens (including phenoxy) is 1. The Morgan fingerprint density at radius 3 is 2.79 bits per heavy atom. The highest BCUT2D eigenvalue weighted by Gasteiger charge is 1.99. The van der Waals surface area contributed by atoms with Crippen LogP contribution in [0.3, 0.4) is 0 Å². The Hall–Kier alpha value is -0.610. The molecule has 0 aromatic carbocycles. The van der Waals surface area contributed by atoms with E-state index in [4.69, 9.17) is 17.0 Å². The lowest BCUT2D eigenvalue weighted by atomic mass is 10.2. The SMILES string of the molecule is Cc1c[nH]c(=S)n1CCOCC(C)C. The second-order valence-electron chi connectivity index (χ2n) is 3.86. The number of H-pyrrole nitrogens is 1. The van der Waals surface area contributed by atoms with Crippen molar-refractivity contribution in [1.29, 1.82) is 0 Å². The van der Waals surface area contributed by atoms with Crippen LogP contribution in [0.25, 0.3) is 0 Å². The second kappa shape index (κ2) is 5.32. The number of aryl methyl sites for hydroxylation is 1. The molecule has 0 aliphatic rings. The van der Waals surface area contributed by atoms with E-state index in [1.807, 2.05) is 13.1 Å². The maximum Gasteiger partial charge on any atom is 0.177 e. The second-order valence-corrected chi connectivity index (χ2v) is 4.24. The van der Waals surface area contributed by atoms with Crippen molar-refractivity contribution in [2.75, 3.05) is 13.2 Å². The van der Waals surface area contributed by atoms with Crippen LogP contribution in [0.4, 0.5) is 0 Å². The van der Waals surface area contributed by atoms with E-state index in [0.29, 0.717) is 5.92 Å². The summed E-state index contributed by atoms with van der Waals surface area (Å²) < 4.78 is 8.32. The van der Waals surface area contributed by atoms with Gasteiger partial charge < -0.3 is 14.3 Å². The summed E-state index contributed by atoms with van der Waals surface area (Å²) in [6.45, 7) is 8.71. The molecule has 0 radical (unpaired) electrons. The lowest BCUT2D eigenvalue weighted by Gasteiger charge is -2.08. The quantitative estimate of drug-likeness (QED) is 0.603. The van der Waals surface area contributed by atoms with E-state index in [2.05, 4.69) is 23.4 Å². The number of imidazole rings is 1. The van der Waals surface area contributed by atoms with Crippen LogP contribution in [-0.2, 0) is 11.3 Å². The topological polar surface area (TPSA) is 29.9 Å². The van der Waals surface area contributed by atoms with Gasteiger partial charge in [-0.1, -0.05) is 13.8 Å². The molecule has 0 saturated carbocycles. The van der Waals surface area contributed by atoms with Gasteiger partial charge in [-0.25, -0.2) is 0 Å². The lowest BCUT2D eigenvalue weighted by Crippen LogP contribution is -2.10. The molecule has 0 spiro atoms. The van der Waals surface area contributed by atoms with Gasteiger partial charge in [0.1, 0.15) is 0 Å². The molecule has 1 rings (SSSR count). The van der Waals surface area contributed by atoms with Crippen molar-refractivity contribution in [2.24, 2.45) is 5.92 Å². The molecule has 1 N–H and O–H groups in total. The van der Waals surface area contributed by atoms with Gasteiger partial charge in [-0.15, -0.1) is 0 Å². The van der Waals surface area contributed by atoms with E-state index in [0.717, 1.165) is 30.2 Å². The minimum absolute atomic E-state index is 0.593. The van der Waals surface area contributed by atoms with E-state index in [1.54, 1.807) is 0 Å². The Kier molecular flexibility index (Phi) is 4.35. The van der Waals surface area contributed by atoms with Gasteiger partial charge in [-0.05, 0) is 25.1 Å². The predicted octanol–water partition coefficient (Wildman–Crippen LogP) is 2.53. The minimum Gasteiger partial charge on any atom is -0.379 e. The van der Waals surface area contributed by atoms with Crippen LogP contribution in [0.5, 0.6) is 0 Å². The maximum absolute atomic E-state index is 5.50. The fraction of sp³-hybridized carbons (Fsp3) is 0.700. The zero-order valence-electron chi connectivity index (χ0n) is 9.04. The number of aromatic nitrogens is 2. The summed E-state index contributed by atoms with van der Waals surface area (Å²) in [5.41, 5.74) is 1.16. The van der Waals surface area contributed by atoms with Crippen molar-refractivity contribution in [2.45, 2.75) is 27.3 Å². The summed E-state index contributed by atoms with van der Waals surface area (Å²) in [6, 6.07) is 0. The zero-order valence-corrected chi connectivity index (χ0v) is 9.86. The van der Waals surface area contributed by atoms with Gasteiger partial charge in [-0.2, -0.15) is 0 Å². The molecule has 0 bridgehead atoms. The number of hydrogen-bond acceptors (Lipinski definition) is 2. The summed E-state index contributed by atoms with van der Waals surface area (Å²) in [4.78, 5) is 3.01. The third-order valence-corrected chi connectivity index (χ3v) is 2.32. The summed E-state index contributed by atoms with van der Waals surface area (Å²) in [6.07, 6.45) is 1.92. The fourth-order valence-corrected chi connectivity index (χ4v) is 1.53. The molecule has 14 heavy (non-hydrogen) atoms. The number of nitrogens with one attached hydrogen (secondary N) is 1. The smallest absolute Gasteiger partial charge is 0.177 e. The summed E-state index contributed by atoms with van der Waals surface area (Å²) >= 11 is 5.13. The van der Waals surface area contributed by atoms with Gasteiger partial charge in [-0.3, -0.25) is 0 Å². The monoisotopic (exact) mass is 214 g/mol. The Morgan fingerprint density at radius 2 is 2.29 bits per heavy atom. The molecule has 0 atom stereocenters. The molecule has 0 saturated heterocycles. The Morgan fingerprint density at radius 1 is 1.57 bits per heavy atom. The number of rotatable bonds is 5. The Balaban J connectivity index is 2.35. The Bertz CT molecular complexity index is 327. The molecule has 1 heterocycles. The number of nitrogens with zero attached hydrogens (tertiary/aromatic N) is 1. The number of aromatic amines is 1. The highest BCUT2D eigenvalue weighted by Crippen LogP contribution is 2.00. The van der Waals surface area contributed by atoms with Crippen molar-refractivity contribution in [3.63, 3.8) is 0 Å². The average Bonchev–Trinajstić information content (AvgIpc) is 2.42. The van der Waals surface area contributed by atoms with Crippen LogP contribution in [0, 0.1) is 17.6 Å². The molecule has 80 valence electrons. The molecule has 4 heteroatoms. The van der Waals surface area contributed by atoms with Crippen LogP contribution in [-0.4, -0.2) is 22.8 Å². The first-order valence-corrected chi connectivity index (χ1v) is 5.34. The van der Waals surface area contributed by atoms with Gasteiger partial charge in [0.25, 0.3) is 0 Å². The van der Waals surface area contributed by atoms with E-state index >= 15 is 0 Å². The molecule has 0 aliphatic carbocycles. The summed E-state index contributed by atoms with van der Waals surface area (Å²) in [7, 11) is 0. The molecule has 3 nitrogen and oxygen atoms in total. The molecular formula is C10H18N2OS. The van der Waals surface area contributed by atoms with E-state index < -0.39 is 0 Å². The van der Waals surface area contributed by atoms with E-state index in [9.17, 15) is 0 Å². The summed E-state index contributed by atoms with van der Waals surface area (Å²) in [5.74, 6) is 0.593. The molecule has 1 aromatic rings. The molecule has 0 aliphatic heterocycles. The third kappa shape index (κ3) is 3.27. The van der Waals surface area contributed by atoms with Crippen LogP contribution >= 0.6 is 12.2 Å². The molecule has 1 aromatic heterocycles. The normalized spacial score (nSPS) is 11.1. The van der Waals surface area contributed by atoms with Crippen molar-refractivity contribution < 1.29 is 4.74 Å². The Labute approximate surface area is 90.1 Å². The maximum atomic E-state index is 5.50. The lowest BCUT2D eigenvalue weighted by molar-refractivity contribution is 0.102. The van der Waals surface area contributed by atoms with Crippen molar-refractivity contribution in [1.82, 2.24) is 9.55 Å². The van der Waals surface area contributed by atoms with Crippen LogP contribution in [0.2, 0.25) is 0 Å². The first kappa shape index (κ1) is 11.5. The van der Waals surface area contributed by atoms with Crippen molar-refractivity contribution in [3.8, 4) is 0 Å². The third-order valence-electron chi connectivity index (χ3n) is 1.99. The van der Waals surface area contributed by atoms with E-state index in [1.165, 1.54) is 0 Å². The van der Waals surface area contributed by atoms with Crippen molar-refractivity contribution >= 4 is 12.2 Å². The van der Waals surface area contributed by atoms with Crippen LogP contribution in [0.15, 0.2) is 6.20 Å². The van der Waals surface area contributed by atoms with Gasteiger partial charge in [0, 0.05) is 25.0 Å². The van der Waals surface area contributed by atoms with Crippen LogP contribution < -0.4 is 0 Å². The average molecular weight is 214 g/mol.